The maximum atomic E-state index is 6.30. The van der Waals surface area contributed by atoms with Crippen LogP contribution in [0.15, 0.2) is 0 Å². The van der Waals surface area contributed by atoms with E-state index < -0.39 is 0 Å². The van der Waals surface area contributed by atoms with Gasteiger partial charge in [0.15, 0.2) is 0 Å². The van der Waals surface area contributed by atoms with Gasteiger partial charge in [-0.2, -0.15) is 0 Å². The van der Waals surface area contributed by atoms with E-state index in [0.717, 1.165) is 6.42 Å². The predicted molar refractivity (Wildman–Crippen MR) is 70.6 cm³/mol. The van der Waals surface area contributed by atoms with Crippen LogP contribution in [0, 0.1) is 0 Å². The standard InChI is InChI=1S/C13H29N3/c1-4-7-12(14)13(5-2)16-9-6-8-15(3)10-11-16/h12-13H,4-11,14H2,1-3H3. The topological polar surface area (TPSA) is 32.5 Å². The SMILES string of the molecule is CCCC(N)C(CC)N1CCCN(C)CC1. The van der Waals surface area contributed by atoms with Crippen molar-refractivity contribution in [3.8, 4) is 0 Å². The van der Waals surface area contributed by atoms with Gasteiger partial charge in [0.05, 0.1) is 0 Å². The van der Waals surface area contributed by atoms with Crippen molar-refractivity contribution in [3.05, 3.63) is 0 Å². The van der Waals surface area contributed by atoms with Gasteiger partial charge in [0.1, 0.15) is 0 Å². The van der Waals surface area contributed by atoms with Crippen LogP contribution < -0.4 is 5.73 Å². The van der Waals surface area contributed by atoms with Crippen molar-refractivity contribution in [3.63, 3.8) is 0 Å². The van der Waals surface area contributed by atoms with E-state index >= 15 is 0 Å². The van der Waals surface area contributed by atoms with Gasteiger partial charge in [0, 0.05) is 25.2 Å². The van der Waals surface area contributed by atoms with E-state index in [1.54, 1.807) is 0 Å². The Kier molecular flexibility index (Phi) is 6.32. The fraction of sp³-hybridized carbons (Fsp3) is 1.00. The average Bonchev–Trinajstić information content (AvgIpc) is 2.46. The highest BCUT2D eigenvalue weighted by molar-refractivity contribution is 4.83. The summed E-state index contributed by atoms with van der Waals surface area (Å²) >= 11 is 0. The molecule has 1 heterocycles. The third-order valence-electron chi connectivity index (χ3n) is 3.76. The second kappa shape index (κ2) is 7.25. The molecule has 0 spiro atoms. The molecule has 0 aliphatic carbocycles. The van der Waals surface area contributed by atoms with Gasteiger partial charge >= 0.3 is 0 Å². The molecule has 1 aliphatic heterocycles. The van der Waals surface area contributed by atoms with Crippen molar-refractivity contribution in [2.75, 3.05) is 33.2 Å². The van der Waals surface area contributed by atoms with Crippen LogP contribution in [0.1, 0.15) is 39.5 Å². The maximum Gasteiger partial charge on any atom is 0.0245 e. The monoisotopic (exact) mass is 227 g/mol. The van der Waals surface area contributed by atoms with E-state index in [-0.39, 0.29) is 0 Å². The molecule has 0 amide bonds. The van der Waals surface area contributed by atoms with E-state index in [2.05, 4.69) is 30.7 Å². The Hall–Kier alpha value is -0.120. The van der Waals surface area contributed by atoms with Crippen LogP contribution in [0.5, 0.6) is 0 Å². The van der Waals surface area contributed by atoms with E-state index in [1.807, 2.05) is 0 Å². The molecule has 0 radical (unpaired) electrons. The largest absolute Gasteiger partial charge is 0.326 e. The van der Waals surface area contributed by atoms with Gasteiger partial charge < -0.3 is 10.6 Å². The summed E-state index contributed by atoms with van der Waals surface area (Å²) in [5, 5.41) is 0. The Morgan fingerprint density at radius 2 is 1.88 bits per heavy atom. The molecule has 1 aliphatic rings. The Balaban J connectivity index is 2.50. The molecular formula is C13H29N3. The highest BCUT2D eigenvalue weighted by Gasteiger charge is 2.24. The van der Waals surface area contributed by atoms with Gasteiger partial charge in [0.25, 0.3) is 0 Å². The number of rotatable bonds is 5. The van der Waals surface area contributed by atoms with Crippen LogP contribution in [-0.2, 0) is 0 Å². The van der Waals surface area contributed by atoms with Crippen LogP contribution in [0.25, 0.3) is 0 Å². The molecule has 0 aromatic heterocycles. The Morgan fingerprint density at radius 1 is 1.12 bits per heavy atom. The predicted octanol–water partition coefficient (Wildman–Crippen LogP) is 1.53. The first-order valence-corrected chi connectivity index (χ1v) is 6.87. The zero-order valence-electron chi connectivity index (χ0n) is 11.3. The molecule has 0 saturated carbocycles. The van der Waals surface area contributed by atoms with Crippen molar-refractivity contribution in [1.82, 2.24) is 9.80 Å². The fourth-order valence-electron chi connectivity index (χ4n) is 2.76. The zero-order valence-corrected chi connectivity index (χ0v) is 11.3. The summed E-state index contributed by atoms with van der Waals surface area (Å²) in [7, 11) is 2.22. The molecular weight excluding hydrogens is 198 g/mol. The Labute approximate surface area is 101 Å². The molecule has 2 N–H and O–H groups in total. The summed E-state index contributed by atoms with van der Waals surface area (Å²) in [4.78, 5) is 5.04. The van der Waals surface area contributed by atoms with Crippen LogP contribution in [0.3, 0.4) is 0 Å². The van der Waals surface area contributed by atoms with E-state index in [0.29, 0.717) is 12.1 Å². The first kappa shape index (κ1) is 13.9. The first-order chi connectivity index (χ1) is 7.69. The normalized spacial score (nSPS) is 24.0. The smallest absolute Gasteiger partial charge is 0.0245 e. The quantitative estimate of drug-likeness (QED) is 0.773. The van der Waals surface area contributed by atoms with Gasteiger partial charge in [-0.25, -0.2) is 0 Å². The van der Waals surface area contributed by atoms with Gasteiger partial charge in [-0.3, -0.25) is 4.90 Å². The number of nitrogens with two attached hydrogens (primary N) is 1. The summed E-state index contributed by atoms with van der Waals surface area (Å²) in [6, 6.07) is 0.949. The van der Waals surface area contributed by atoms with Gasteiger partial charge in [-0.15, -0.1) is 0 Å². The molecule has 2 atom stereocenters. The van der Waals surface area contributed by atoms with Gasteiger partial charge in [0.2, 0.25) is 0 Å². The lowest BCUT2D eigenvalue weighted by Crippen LogP contribution is -2.48. The highest BCUT2D eigenvalue weighted by atomic mass is 15.2. The minimum atomic E-state index is 0.360. The summed E-state index contributed by atoms with van der Waals surface area (Å²) in [6.07, 6.45) is 4.83. The molecule has 3 heteroatoms. The summed E-state index contributed by atoms with van der Waals surface area (Å²) < 4.78 is 0. The minimum Gasteiger partial charge on any atom is -0.326 e. The molecule has 0 aromatic carbocycles. The fourth-order valence-corrected chi connectivity index (χ4v) is 2.76. The van der Waals surface area contributed by atoms with Crippen molar-refractivity contribution >= 4 is 0 Å². The van der Waals surface area contributed by atoms with Gasteiger partial charge in [-0.05, 0) is 39.4 Å². The second-order valence-corrected chi connectivity index (χ2v) is 5.12. The number of hydrogen-bond acceptors (Lipinski definition) is 3. The summed E-state index contributed by atoms with van der Waals surface area (Å²) in [6.45, 7) is 9.33. The lowest BCUT2D eigenvalue weighted by atomic mass is 10.00. The molecule has 16 heavy (non-hydrogen) atoms. The maximum absolute atomic E-state index is 6.30. The van der Waals surface area contributed by atoms with Crippen LogP contribution in [-0.4, -0.2) is 55.1 Å². The number of nitrogens with zero attached hydrogens (tertiary/aromatic N) is 2. The Morgan fingerprint density at radius 3 is 2.50 bits per heavy atom. The number of hydrogen-bond donors (Lipinski definition) is 1. The van der Waals surface area contributed by atoms with E-state index in [9.17, 15) is 0 Å². The molecule has 96 valence electrons. The highest BCUT2D eigenvalue weighted by Crippen LogP contribution is 2.14. The van der Waals surface area contributed by atoms with Crippen molar-refractivity contribution in [2.45, 2.75) is 51.6 Å². The summed E-state index contributed by atoms with van der Waals surface area (Å²) in [5.41, 5.74) is 6.30. The molecule has 2 unspecified atom stereocenters. The Bertz CT molecular complexity index is 184. The lowest BCUT2D eigenvalue weighted by Gasteiger charge is -2.34. The second-order valence-electron chi connectivity index (χ2n) is 5.12. The van der Waals surface area contributed by atoms with Crippen molar-refractivity contribution < 1.29 is 0 Å². The van der Waals surface area contributed by atoms with Crippen LogP contribution in [0.2, 0.25) is 0 Å². The van der Waals surface area contributed by atoms with Gasteiger partial charge in [-0.1, -0.05) is 20.3 Å². The van der Waals surface area contributed by atoms with E-state index in [1.165, 1.54) is 45.4 Å². The average molecular weight is 227 g/mol. The molecule has 1 saturated heterocycles. The van der Waals surface area contributed by atoms with Crippen molar-refractivity contribution in [2.24, 2.45) is 5.73 Å². The minimum absolute atomic E-state index is 0.360. The molecule has 1 rings (SSSR count). The molecule has 0 bridgehead atoms. The lowest BCUT2D eigenvalue weighted by molar-refractivity contribution is 0.167. The molecule has 1 fully saturated rings. The molecule has 0 aromatic rings. The third-order valence-corrected chi connectivity index (χ3v) is 3.76. The first-order valence-electron chi connectivity index (χ1n) is 6.87. The number of likely N-dealkylation sites (N-methyl/N-ethyl adjacent to an activating group) is 1. The van der Waals surface area contributed by atoms with Crippen LogP contribution >= 0.6 is 0 Å². The third kappa shape index (κ3) is 4.04. The van der Waals surface area contributed by atoms with E-state index in [4.69, 9.17) is 5.73 Å². The van der Waals surface area contributed by atoms with Crippen molar-refractivity contribution in [1.29, 1.82) is 0 Å². The van der Waals surface area contributed by atoms with Crippen LogP contribution in [0.4, 0.5) is 0 Å². The molecule has 3 nitrogen and oxygen atoms in total. The zero-order chi connectivity index (χ0) is 12.0. The summed E-state index contributed by atoms with van der Waals surface area (Å²) in [5.74, 6) is 0.